The summed E-state index contributed by atoms with van der Waals surface area (Å²) in [6, 6.07) is 7.51. The largest absolute Gasteiger partial charge is 0.497 e. The first-order chi connectivity index (χ1) is 7.98. The molecule has 1 saturated heterocycles. The monoisotopic (exact) mass is 236 g/mol. The second-order valence-electron chi connectivity index (χ2n) is 4.39. The first-order valence-electron chi connectivity index (χ1n) is 5.41. The van der Waals surface area contributed by atoms with Crippen LogP contribution in [0.3, 0.4) is 0 Å². The van der Waals surface area contributed by atoms with Crippen molar-refractivity contribution in [1.82, 2.24) is 0 Å². The molecule has 1 aromatic rings. The molecule has 2 rings (SSSR count). The third kappa shape index (κ3) is 1.60. The van der Waals surface area contributed by atoms with Crippen molar-refractivity contribution in [1.29, 1.82) is 0 Å². The van der Waals surface area contributed by atoms with E-state index in [4.69, 9.17) is 14.2 Å². The fraction of sp³-hybridized carbons (Fsp3) is 0.462. The zero-order chi connectivity index (χ0) is 12.7. The average Bonchev–Trinajstić information content (AvgIpc) is 2.94. The van der Waals surface area contributed by atoms with Crippen molar-refractivity contribution in [2.75, 3.05) is 14.2 Å². The fourth-order valence-electron chi connectivity index (χ4n) is 2.07. The van der Waals surface area contributed by atoms with Crippen molar-refractivity contribution in [3.8, 4) is 5.75 Å². The van der Waals surface area contributed by atoms with Crippen LogP contribution in [0, 0.1) is 0 Å². The van der Waals surface area contributed by atoms with E-state index in [0.29, 0.717) is 0 Å². The molecule has 17 heavy (non-hydrogen) atoms. The van der Waals surface area contributed by atoms with Gasteiger partial charge in [0.25, 0.3) is 0 Å². The van der Waals surface area contributed by atoms with Crippen LogP contribution in [0.2, 0.25) is 0 Å². The second kappa shape index (κ2) is 3.74. The summed E-state index contributed by atoms with van der Waals surface area (Å²) in [5.74, 6) is 0.384. The van der Waals surface area contributed by atoms with Gasteiger partial charge in [-0.15, -0.1) is 0 Å². The van der Waals surface area contributed by atoms with Gasteiger partial charge < -0.3 is 14.2 Å². The normalized spacial score (nSPS) is 30.8. The molecule has 2 unspecified atom stereocenters. The zero-order valence-corrected chi connectivity index (χ0v) is 10.4. The molecule has 0 aromatic heterocycles. The SMILES string of the molecule is COC(=O)C1(C)OC1(C)c1cccc(OC)c1. The molecule has 2 atom stereocenters. The maximum absolute atomic E-state index is 11.7. The van der Waals surface area contributed by atoms with Crippen LogP contribution < -0.4 is 4.74 Å². The van der Waals surface area contributed by atoms with Crippen LogP contribution in [0.4, 0.5) is 0 Å². The van der Waals surface area contributed by atoms with Gasteiger partial charge in [0.1, 0.15) is 11.4 Å². The van der Waals surface area contributed by atoms with Gasteiger partial charge in [-0.1, -0.05) is 12.1 Å². The number of carbonyl (C=O) groups is 1. The van der Waals surface area contributed by atoms with Crippen molar-refractivity contribution in [2.45, 2.75) is 25.0 Å². The van der Waals surface area contributed by atoms with E-state index in [1.807, 2.05) is 31.2 Å². The summed E-state index contributed by atoms with van der Waals surface area (Å²) in [4.78, 5) is 11.7. The third-order valence-corrected chi connectivity index (χ3v) is 3.47. The highest BCUT2D eigenvalue weighted by Gasteiger charge is 2.70. The van der Waals surface area contributed by atoms with E-state index in [2.05, 4.69) is 0 Å². The molecular weight excluding hydrogens is 220 g/mol. The van der Waals surface area contributed by atoms with Crippen LogP contribution in [-0.4, -0.2) is 25.8 Å². The van der Waals surface area contributed by atoms with Gasteiger partial charge in [-0.3, -0.25) is 0 Å². The zero-order valence-electron chi connectivity index (χ0n) is 10.4. The smallest absolute Gasteiger partial charge is 0.341 e. The highest BCUT2D eigenvalue weighted by Crippen LogP contribution is 2.56. The highest BCUT2D eigenvalue weighted by molar-refractivity contribution is 5.84. The Kier molecular flexibility index (Phi) is 2.62. The molecule has 1 aromatic carbocycles. The van der Waals surface area contributed by atoms with Crippen molar-refractivity contribution < 1.29 is 19.0 Å². The Morgan fingerprint density at radius 2 is 2.00 bits per heavy atom. The Bertz CT molecular complexity index is 456. The first-order valence-corrected chi connectivity index (χ1v) is 5.41. The molecule has 0 saturated carbocycles. The number of epoxide rings is 1. The topological polar surface area (TPSA) is 48.1 Å². The van der Waals surface area contributed by atoms with Crippen molar-refractivity contribution >= 4 is 5.97 Å². The van der Waals surface area contributed by atoms with Gasteiger partial charge in [0.15, 0.2) is 5.60 Å². The predicted octanol–water partition coefficient (Wildman–Crippen LogP) is 1.87. The molecule has 4 heteroatoms. The Morgan fingerprint density at radius 3 is 2.59 bits per heavy atom. The van der Waals surface area contributed by atoms with Gasteiger partial charge in [-0.2, -0.15) is 0 Å². The lowest BCUT2D eigenvalue weighted by Crippen LogP contribution is -2.29. The molecule has 4 nitrogen and oxygen atoms in total. The molecule has 1 aliphatic heterocycles. The highest BCUT2D eigenvalue weighted by atomic mass is 16.7. The number of hydrogen-bond acceptors (Lipinski definition) is 4. The summed E-state index contributed by atoms with van der Waals surface area (Å²) < 4.78 is 15.5. The van der Waals surface area contributed by atoms with Crippen LogP contribution in [0.5, 0.6) is 5.75 Å². The molecule has 1 fully saturated rings. The Labute approximate surface area is 100 Å². The summed E-state index contributed by atoms with van der Waals surface area (Å²) in [5, 5.41) is 0. The Hall–Kier alpha value is -1.55. The number of carbonyl (C=O) groups excluding carboxylic acids is 1. The average molecular weight is 236 g/mol. The van der Waals surface area contributed by atoms with Gasteiger partial charge in [0.2, 0.25) is 0 Å². The first kappa shape index (κ1) is 11.9. The van der Waals surface area contributed by atoms with E-state index < -0.39 is 11.2 Å². The van der Waals surface area contributed by atoms with E-state index in [0.717, 1.165) is 11.3 Å². The summed E-state index contributed by atoms with van der Waals surface area (Å²) in [6.45, 7) is 3.61. The molecule has 0 radical (unpaired) electrons. The predicted molar refractivity (Wildman–Crippen MR) is 61.9 cm³/mol. The Balaban J connectivity index is 2.33. The Morgan fingerprint density at radius 1 is 1.29 bits per heavy atom. The number of hydrogen-bond donors (Lipinski definition) is 0. The minimum atomic E-state index is -0.909. The molecular formula is C13H16O4. The summed E-state index contributed by atoms with van der Waals surface area (Å²) in [6.07, 6.45) is 0. The second-order valence-corrected chi connectivity index (χ2v) is 4.39. The number of rotatable bonds is 3. The summed E-state index contributed by atoms with van der Waals surface area (Å²) >= 11 is 0. The number of methoxy groups -OCH3 is 2. The summed E-state index contributed by atoms with van der Waals surface area (Å²) in [7, 11) is 2.97. The van der Waals surface area contributed by atoms with Crippen molar-refractivity contribution in [3.05, 3.63) is 29.8 Å². The molecule has 92 valence electrons. The molecule has 1 heterocycles. The molecule has 0 aliphatic carbocycles. The third-order valence-electron chi connectivity index (χ3n) is 3.47. The van der Waals surface area contributed by atoms with Gasteiger partial charge >= 0.3 is 5.97 Å². The lowest BCUT2D eigenvalue weighted by molar-refractivity contribution is -0.146. The van der Waals surface area contributed by atoms with Crippen LogP contribution >= 0.6 is 0 Å². The van der Waals surface area contributed by atoms with Gasteiger partial charge in [0.05, 0.1) is 14.2 Å². The van der Waals surface area contributed by atoms with E-state index in [1.54, 1.807) is 14.0 Å². The quantitative estimate of drug-likeness (QED) is 0.594. The van der Waals surface area contributed by atoms with Crippen molar-refractivity contribution in [3.63, 3.8) is 0 Å². The van der Waals surface area contributed by atoms with Gasteiger partial charge in [-0.25, -0.2) is 4.79 Å². The van der Waals surface area contributed by atoms with Crippen LogP contribution in [-0.2, 0) is 19.9 Å². The van der Waals surface area contributed by atoms with Crippen LogP contribution in [0.1, 0.15) is 19.4 Å². The van der Waals surface area contributed by atoms with Crippen molar-refractivity contribution in [2.24, 2.45) is 0 Å². The summed E-state index contributed by atoms with van der Waals surface area (Å²) in [5.41, 5.74) is -0.646. The maximum Gasteiger partial charge on any atom is 0.341 e. The lowest BCUT2D eigenvalue weighted by atomic mass is 9.89. The number of ether oxygens (including phenoxy) is 3. The minimum absolute atomic E-state index is 0.359. The lowest BCUT2D eigenvalue weighted by Gasteiger charge is -2.12. The van der Waals surface area contributed by atoms with E-state index in [1.165, 1.54) is 7.11 Å². The molecule has 0 spiro atoms. The molecule has 0 amide bonds. The van der Waals surface area contributed by atoms with Crippen LogP contribution in [0.25, 0.3) is 0 Å². The van der Waals surface area contributed by atoms with Crippen LogP contribution in [0.15, 0.2) is 24.3 Å². The van der Waals surface area contributed by atoms with E-state index in [9.17, 15) is 4.79 Å². The maximum atomic E-state index is 11.7. The van der Waals surface area contributed by atoms with Gasteiger partial charge in [-0.05, 0) is 31.5 Å². The minimum Gasteiger partial charge on any atom is -0.497 e. The van der Waals surface area contributed by atoms with E-state index in [-0.39, 0.29) is 5.97 Å². The number of benzene rings is 1. The standard InChI is InChI=1S/C13H16O4/c1-12(13(2,17-12)11(14)16-4)9-6-5-7-10(8-9)15-3/h5-8H,1-4H3. The molecule has 0 N–H and O–H groups in total. The van der Waals surface area contributed by atoms with Gasteiger partial charge in [0, 0.05) is 0 Å². The molecule has 0 bridgehead atoms. The fourth-order valence-corrected chi connectivity index (χ4v) is 2.07. The number of esters is 1. The molecule has 1 aliphatic rings. The van der Waals surface area contributed by atoms with E-state index >= 15 is 0 Å².